The average molecular weight is 334 g/mol. The maximum Gasteiger partial charge on any atom is 0.319 e. The molecule has 0 saturated carbocycles. The third-order valence-electron chi connectivity index (χ3n) is 3.86. The number of anilines is 2. The Morgan fingerprint density at radius 1 is 1.39 bits per heavy atom. The predicted octanol–water partition coefficient (Wildman–Crippen LogP) is 3.32. The van der Waals surface area contributed by atoms with E-state index >= 15 is 0 Å². The van der Waals surface area contributed by atoms with Crippen molar-refractivity contribution in [1.29, 1.82) is 0 Å². The standard InChI is InChI=1S/C16H19FN4OS/c17-13-3-5-14(6-4-13)20-15(22)19-10-12-2-1-8-21(11-12)16-18-7-9-23-16/h3-7,9,12H,1-2,8,10-11H2,(H2,19,20,22). The van der Waals surface area contributed by atoms with Crippen LogP contribution in [0.5, 0.6) is 0 Å². The molecular formula is C16H19FN4OS. The largest absolute Gasteiger partial charge is 0.348 e. The SMILES string of the molecule is O=C(NCC1CCCN(c2nccs2)C1)Nc1ccc(F)cc1. The van der Waals surface area contributed by atoms with Gasteiger partial charge in [-0.1, -0.05) is 0 Å². The van der Waals surface area contributed by atoms with E-state index in [1.807, 2.05) is 11.6 Å². The summed E-state index contributed by atoms with van der Waals surface area (Å²) in [5, 5.41) is 8.63. The second-order valence-electron chi connectivity index (χ2n) is 5.61. The van der Waals surface area contributed by atoms with Gasteiger partial charge in [-0.3, -0.25) is 0 Å². The fraction of sp³-hybridized carbons (Fsp3) is 0.375. The van der Waals surface area contributed by atoms with Crippen LogP contribution in [0.25, 0.3) is 0 Å². The second kappa shape index (κ2) is 7.41. The van der Waals surface area contributed by atoms with Crippen LogP contribution in [0, 0.1) is 11.7 Å². The lowest BCUT2D eigenvalue weighted by molar-refractivity contribution is 0.249. The number of hydrogen-bond acceptors (Lipinski definition) is 4. The summed E-state index contributed by atoms with van der Waals surface area (Å²) in [6.45, 7) is 2.55. The van der Waals surface area contributed by atoms with E-state index in [1.54, 1.807) is 23.5 Å². The highest BCUT2D eigenvalue weighted by Crippen LogP contribution is 2.24. The van der Waals surface area contributed by atoms with Crippen molar-refractivity contribution in [3.8, 4) is 0 Å². The van der Waals surface area contributed by atoms with Crippen LogP contribution in [0.4, 0.5) is 20.0 Å². The summed E-state index contributed by atoms with van der Waals surface area (Å²) in [4.78, 5) is 18.5. The van der Waals surface area contributed by atoms with E-state index in [2.05, 4.69) is 20.5 Å². The van der Waals surface area contributed by atoms with Crippen molar-refractivity contribution in [2.75, 3.05) is 29.9 Å². The van der Waals surface area contributed by atoms with E-state index in [-0.39, 0.29) is 11.8 Å². The molecule has 1 aliphatic heterocycles. The fourth-order valence-corrected chi connectivity index (χ4v) is 3.40. The van der Waals surface area contributed by atoms with Crippen LogP contribution in [0.1, 0.15) is 12.8 Å². The number of rotatable bonds is 4. The Morgan fingerprint density at radius 3 is 2.96 bits per heavy atom. The van der Waals surface area contributed by atoms with Gasteiger partial charge in [-0.2, -0.15) is 0 Å². The van der Waals surface area contributed by atoms with E-state index in [1.165, 1.54) is 12.1 Å². The molecule has 0 bridgehead atoms. The number of carbonyl (C=O) groups is 1. The number of thiazole rings is 1. The Balaban J connectivity index is 1.46. The Labute approximate surface area is 138 Å². The number of piperidine rings is 1. The molecule has 2 N–H and O–H groups in total. The Hall–Kier alpha value is -2.15. The number of amides is 2. The number of carbonyl (C=O) groups excluding carboxylic acids is 1. The maximum absolute atomic E-state index is 12.8. The lowest BCUT2D eigenvalue weighted by Crippen LogP contribution is -2.42. The van der Waals surface area contributed by atoms with Gasteiger partial charge in [0, 0.05) is 36.9 Å². The Morgan fingerprint density at radius 2 is 2.22 bits per heavy atom. The summed E-state index contributed by atoms with van der Waals surface area (Å²) in [5.74, 6) is 0.0899. The number of benzene rings is 1. The van der Waals surface area contributed by atoms with Gasteiger partial charge in [-0.15, -0.1) is 11.3 Å². The van der Waals surface area contributed by atoms with E-state index in [4.69, 9.17) is 0 Å². The molecule has 0 radical (unpaired) electrons. The van der Waals surface area contributed by atoms with Crippen molar-refractivity contribution >= 4 is 28.2 Å². The van der Waals surface area contributed by atoms with Crippen LogP contribution in [0.3, 0.4) is 0 Å². The molecule has 1 saturated heterocycles. The number of hydrogen-bond donors (Lipinski definition) is 2. The minimum Gasteiger partial charge on any atom is -0.348 e. The molecule has 122 valence electrons. The first-order chi connectivity index (χ1) is 11.2. The minimum absolute atomic E-state index is 0.261. The van der Waals surface area contributed by atoms with Gasteiger partial charge < -0.3 is 15.5 Å². The zero-order valence-corrected chi connectivity index (χ0v) is 13.5. The zero-order valence-electron chi connectivity index (χ0n) is 12.7. The highest BCUT2D eigenvalue weighted by atomic mass is 32.1. The predicted molar refractivity (Wildman–Crippen MR) is 90.5 cm³/mol. The number of urea groups is 1. The highest BCUT2D eigenvalue weighted by molar-refractivity contribution is 7.13. The molecule has 1 aromatic carbocycles. The van der Waals surface area contributed by atoms with Crippen molar-refractivity contribution in [3.05, 3.63) is 41.7 Å². The Kier molecular flexibility index (Phi) is 5.07. The van der Waals surface area contributed by atoms with Crippen LogP contribution >= 0.6 is 11.3 Å². The monoisotopic (exact) mass is 334 g/mol. The lowest BCUT2D eigenvalue weighted by atomic mass is 9.98. The molecular weight excluding hydrogens is 315 g/mol. The molecule has 23 heavy (non-hydrogen) atoms. The smallest absolute Gasteiger partial charge is 0.319 e. The molecule has 1 aromatic heterocycles. The van der Waals surface area contributed by atoms with Crippen molar-refractivity contribution in [1.82, 2.24) is 10.3 Å². The normalized spacial score (nSPS) is 17.8. The first-order valence-corrected chi connectivity index (χ1v) is 8.53. The molecule has 1 unspecified atom stereocenters. The van der Waals surface area contributed by atoms with Crippen LogP contribution in [-0.2, 0) is 0 Å². The van der Waals surface area contributed by atoms with Gasteiger partial charge in [0.05, 0.1) is 0 Å². The molecule has 0 aliphatic carbocycles. The number of halogens is 1. The molecule has 2 amide bonds. The summed E-state index contributed by atoms with van der Waals surface area (Å²) >= 11 is 1.64. The average Bonchev–Trinajstić information content (AvgIpc) is 3.10. The van der Waals surface area contributed by atoms with E-state index < -0.39 is 0 Å². The summed E-state index contributed by atoms with van der Waals surface area (Å²) in [6.07, 6.45) is 4.02. The van der Waals surface area contributed by atoms with Gasteiger partial charge in [-0.05, 0) is 43.0 Å². The van der Waals surface area contributed by atoms with E-state index in [0.29, 0.717) is 18.2 Å². The van der Waals surface area contributed by atoms with Crippen molar-refractivity contribution in [2.24, 2.45) is 5.92 Å². The van der Waals surface area contributed by atoms with Gasteiger partial charge in [0.2, 0.25) is 0 Å². The van der Waals surface area contributed by atoms with Crippen molar-refractivity contribution in [3.63, 3.8) is 0 Å². The summed E-state index contributed by atoms with van der Waals surface area (Å²) in [5.41, 5.74) is 0.581. The molecule has 0 spiro atoms. The lowest BCUT2D eigenvalue weighted by Gasteiger charge is -2.32. The molecule has 2 heterocycles. The van der Waals surface area contributed by atoms with E-state index in [9.17, 15) is 9.18 Å². The van der Waals surface area contributed by atoms with Gasteiger partial charge >= 0.3 is 6.03 Å². The number of aromatic nitrogens is 1. The molecule has 7 heteroatoms. The third-order valence-corrected chi connectivity index (χ3v) is 4.69. The quantitative estimate of drug-likeness (QED) is 0.902. The number of nitrogens with zero attached hydrogens (tertiary/aromatic N) is 2. The summed E-state index contributed by atoms with van der Waals surface area (Å²) < 4.78 is 12.8. The van der Waals surface area contributed by atoms with Gasteiger partial charge in [-0.25, -0.2) is 14.2 Å². The molecule has 1 atom stereocenters. The third kappa shape index (κ3) is 4.41. The minimum atomic E-state index is -0.319. The van der Waals surface area contributed by atoms with E-state index in [0.717, 1.165) is 31.1 Å². The fourth-order valence-electron chi connectivity index (χ4n) is 2.72. The van der Waals surface area contributed by atoms with Gasteiger partial charge in [0.25, 0.3) is 0 Å². The van der Waals surface area contributed by atoms with Crippen LogP contribution in [0.2, 0.25) is 0 Å². The topological polar surface area (TPSA) is 57.3 Å². The molecule has 1 fully saturated rings. The van der Waals surface area contributed by atoms with Crippen LogP contribution < -0.4 is 15.5 Å². The van der Waals surface area contributed by atoms with Crippen molar-refractivity contribution < 1.29 is 9.18 Å². The molecule has 2 aromatic rings. The first kappa shape index (κ1) is 15.7. The Bertz CT molecular complexity index is 632. The number of nitrogens with one attached hydrogen (secondary N) is 2. The molecule has 1 aliphatic rings. The second-order valence-corrected chi connectivity index (χ2v) is 6.48. The molecule has 5 nitrogen and oxygen atoms in total. The van der Waals surface area contributed by atoms with Gasteiger partial charge in [0.1, 0.15) is 5.82 Å². The molecule has 3 rings (SSSR count). The van der Waals surface area contributed by atoms with Gasteiger partial charge in [0.15, 0.2) is 5.13 Å². The van der Waals surface area contributed by atoms with Crippen molar-refractivity contribution in [2.45, 2.75) is 12.8 Å². The summed E-state index contributed by atoms with van der Waals surface area (Å²) in [7, 11) is 0. The summed E-state index contributed by atoms with van der Waals surface area (Å²) in [6, 6.07) is 5.47. The van der Waals surface area contributed by atoms with Crippen LogP contribution in [-0.4, -0.2) is 30.6 Å². The zero-order chi connectivity index (χ0) is 16.1. The van der Waals surface area contributed by atoms with Crippen LogP contribution in [0.15, 0.2) is 35.8 Å². The highest BCUT2D eigenvalue weighted by Gasteiger charge is 2.21. The maximum atomic E-state index is 12.8. The first-order valence-electron chi connectivity index (χ1n) is 7.65.